The first-order valence-corrected chi connectivity index (χ1v) is 7.83. The van der Waals surface area contributed by atoms with Gasteiger partial charge in [-0.05, 0) is 59.0 Å². The van der Waals surface area contributed by atoms with Gasteiger partial charge in [0, 0.05) is 17.4 Å². The maximum Gasteiger partial charge on any atom is 0.197 e. The summed E-state index contributed by atoms with van der Waals surface area (Å²) in [5.74, 6) is 0.00838. The molecule has 0 saturated carbocycles. The number of phenols is 1. The number of aromatic hydroxyl groups is 1. The van der Waals surface area contributed by atoms with Crippen LogP contribution in [0.1, 0.15) is 28.6 Å². The molecular weight excluding hydrogens is 398 g/mol. The SMILES string of the molecule is CCc1oc2ccc(F)cc2c1C(=O)c1ccc(O)c(I)c1. The largest absolute Gasteiger partial charge is 0.507 e. The van der Waals surface area contributed by atoms with Crippen molar-refractivity contribution in [2.24, 2.45) is 0 Å². The Bertz CT molecular complexity index is 883. The van der Waals surface area contributed by atoms with E-state index in [1.165, 1.54) is 24.3 Å². The van der Waals surface area contributed by atoms with Crippen LogP contribution in [0, 0.1) is 9.39 Å². The molecule has 1 N–H and O–H groups in total. The third-order valence-corrected chi connectivity index (χ3v) is 4.35. The second kappa shape index (κ2) is 5.72. The van der Waals surface area contributed by atoms with Gasteiger partial charge < -0.3 is 9.52 Å². The molecule has 5 heteroatoms. The number of aryl methyl sites for hydroxylation is 1. The van der Waals surface area contributed by atoms with E-state index in [2.05, 4.69) is 0 Å². The van der Waals surface area contributed by atoms with Gasteiger partial charge in [0.2, 0.25) is 0 Å². The summed E-state index contributed by atoms with van der Waals surface area (Å²) in [5, 5.41) is 10.1. The van der Waals surface area contributed by atoms with Crippen molar-refractivity contribution in [2.45, 2.75) is 13.3 Å². The highest BCUT2D eigenvalue weighted by atomic mass is 127. The third kappa shape index (κ3) is 2.49. The van der Waals surface area contributed by atoms with Crippen molar-refractivity contribution in [1.82, 2.24) is 0 Å². The Morgan fingerprint density at radius 3 is 2.73 bits per heavy atom. The Balaban J connectivity index is 2.21. The number of hydrogen-bond acceptors (Lipinski definition) is 3. The Labute approximate surface area is 139 Å². The maximum atomic E-state index is 13.5. The molecule has 0 fully saturated rings. The summed E-state index contributed by atoms with van der Waals surface area (Å²) in [6, 6.07) is 8.79. The Morgan fingerprint density at radius 2 is 2.05 bits per heavy atom. The van der Waals surface area contributed by atoms with Crippen molar-refractivity contribution < 1.29 is 18.7 Å². The van der Waals surface area contributed by atoms with Gasteiger partial charge >= 0.3 is 0 Å². The second-order valence-corrected chi connectivity index (χ2v) is 6.05. The summed E-state index contributed by atoms with van der Waals surface area (Å²) in [4.78, 5) is 12.8. The zero-order valence-corrected chi connectivity index (χ0v) is 13.8. The summed E-state index contributed by atoms with van der Waals surface area (Å²) in [6.45, 7) is 1.88. The molecule has 0 radical (unpaired) electrons. The zero-order valence-electron chi connectivity index (χ0n) is 11.7. The highest BCUT2D eigenvalue weighted by Crippen LogP contribution is 2.30. The molecule has 0 aliphatic rings. The molecule has 3 rings (SSSR count). The lowest BCUT2D eigenvalue weighted by atomic mass is 9.99. The Hall–Kier alpha value is -1.89. The molecule has 3 nitrogen and oxygen atoms in total. The van der Waals surface area contributed by atoms with Crippen LogP contribution < -0.4 is 0 Å². The average Bonchev–Trinajstić information content (AvgIpc) is 2.87. The standard InChI is InChI=1S/C17H12FIO3/c1-2-14-16(11-8-10(18)4-6-15(11)22-14)17(21)9-3-5-13(20)12(19)7-9/h3-8,20H,2H2,1H3. The van der Waals surface area contributed by atoms with Crippen LogP contribution in [0.15, 0.2) is 40.8 Å². The van der Waals surface area contributed by atoms with Crippen molar-refractivity contribution in [3.63, 3.8) is 0 Å². The summed E-state index contributed by atoms with van der Waals surface area (Å²) >= 11 is 1.96. The minimum atomic E-state index is -0.412. The highest BCUT2D eigenvalue weighted by molar-refractivity contribution is 14.1. The second-order valence-electron chi connectivity index (χ2n) is 4.89. The summed E-state index contributed by atoms with van der Waals surface area (Å²) in [5.41, 5.74) is 1.32. The number of fused-ring (bicyclic) bond motifs is 1. The lowest BCUT2D eigenvalue weighted by molar-refractivity contribution is 0.103. The van der Waals surface area contributed by atoms with Crippen LogP contribution in [0.2, 0.25) is 0 Å². The molecule has 0 unspecified atom stereocenters. The van der Waals surface area contributed by atoms with Gasteiger partial charge in [-0.15, -0.1) is 0 Å². The van der Waals surface area contributed by atoms with E-state index in [-0.39, 0.29) is 11.5 Å². The van der Waals surface area contributed by atoms with Gasteiger partial charge in [0.15, 0.2) is 5.78 Å². The molecule has 0 spiro atoms. The fraction of sp³-hybridized carbons (Fsp3) is 0.118. The quantitative estimate of drug-likeness (QED) is 0.504. The fourth-order valence-electron chi connectivity index (χ4n) is 2.41. The number of halogens is 2. The number of furan rings is 1. The van der Waals surface area contributed by atoms with Gasteiger partial charge in [-0.2, -0.15) is 0 Å². The fourth-order valence-corrected chi connectivity index (χ4v) is 2.93. The van der Waals surface area contributed by atoms with Crippen LogP contribution in [-0.2, 0) is 6.42 Å². The Kier molecular flexibility index (Phi) is 3.90. The lowest BCUT2D eigenvalue weighted by Gasteiger charge is -2.04. The first-order valence-electron chi connectivity index (χ1n) is 6.75. The summed E-state index contributed by atoms with van der Waals surface area (Å²) < 4.78 is 19.8. The van der Waals surface area contributed by atoms with Gasteiger partial charge in [-0.1, -0.05) is 6.92 Å². The number of carbonyl (C=O) groups is 1. The molecule has 0 bridgehead atoms. The van der Waals surface area contributed by atoms with E-state index in [0.29, 0.717) is 37.8 Å². The van der Waals surface area contributed by atoms with Gasteiger partial charge in [-0.25, -0.2) is 4.39 Å². The third-order valence-electron chi connectivity index (χ3n) is 3.48. The number of hydrogen-bond donors (Lipinski definition) is 1. The van der Waals surface area contributed by atoms with Crippen LogP contribution in [-0.4, -0.2) is 10.9 Å². The van der Waals surface area contributed by atoms with Gasteiger partial charge in [0.1, 0.15) is 22.9 Å². The minimum Gasteiger partial charge on any atom is -0.507 e. The monoisotopic (exact) mass is 410 g/mol. The van der Waals surface area contributed by atoms with Crippen LogP contribution in [0.3, 0.4) is 0 Å². The van der Waals surface area contributed by atoms with Crippen molar-refractivity contribution in [3.05, 3.63) is 62.7 Å². The molecule has 3 aromatic rings. The summed E-state index contributed by atoms with van der Waals surface area (Å²) in [7, 11) is 0. The molecule has 112 valence electrons. The van der Waals surface area contributed by atoms with Crippen molar-refractivity contribution in [3.8, 4) is 5.75 Å². The van der Waals surface area contributed by atoms with Gasteiger partial charge in [-0.3, -0.25) is 4.79 Å². The maximum absolute atomic E-state index is 13.5. The van der Waals surface area contributed by atoms with E-state index in [0.717, 1.165) is 0 Å². The topological polar surface area (TPSA) is 50.4 Å². The van der Waals surface area contributed by atoms with E-state index in [1.54, 1.807) is 12.1 Å². The van der Waals surface area contributed by atoms with Crippen LogP contribution in [0.4, 0.5) is 4.39 Å². The number of ketones is 1. The predicted molar refractivity (Wildman–Crippen MR) is 89.8 cm³/mol. The molecule has 0 aliphatic heterocycles. The first-order chi connectivity index (χ1) is 10.5. The molecule has 0 atom stereocenters. The highest BCUT2D eigenvalue weighted by Gasteiger charge is 2.22. The molecule has 0 saturated heterocycles. The average molecular weight is 410 g/mol. The predicted octanol–water partition coefficient (Wildman–Crippen LogP) is 4.68. The summed E-state index contributed by atoms with van der Waals surface area (Å²) in [6.07, 6.45) is 0.534. The van der Waals surface area contributed by atoms with Crippen molar-refractivity contribution in [2.75, 3.05) is 0 Å². The van der Waals surface area contributed by atoms with Crippen LogP contribution >= 0.6 is 22.6 Å². The van der Waals surface area contributed by atoms with Gasteiger partial charge in [0.25, 0.3) is 0 Å². The molecule has 0 amide bonds. The van der Waals surface area contributed by atoms with Crippen LogP contribution in [0.5, 0.6) is 5.75 Å². The molecule has 2 aromatic carbocycles. The first kappa shape index (κ1) is 15.0. The molecule has 1 heterocycles. The van der Waals surface area contributed by atoms with Gasteiger partial charge in [0.05, 0.1) is 9.13 Å². The number of rotatable bonds is 3. The molecular formula is C17H12FIO3. The molecule has 1 aromatic heterocycles. The van der Waals surface area contributed by atoms with Crippen molar-refractivity contribution >= 4 is 39.3 Å². The zero-order chi connectivity index (χ0) is 15.9. The van der Waals surface area contributed by atoms with E-state index >= 15 is 0 Å². The van der Waals surface area contributed by atoms with E-state index in [4.69, 9.17) is 4.42 Å². The normalized spacial score (nSPS) is 11.0. The minimum absolute atomic E-state index is 0.121. The number of carbonyl (C=O) groups excluding carboxylic acids is 1. The number of benzene rings is 2. The smallest absolute Gasteiger partial charge is 0.197 e. The van der Waals surface area contributed by atoms with E-state index in [1.807, 2.05) is 29.5 Å². The molecule has 22 heavy (non-hydrogen) atoms. The Morgan fingerprint density at radius 1 is 1.27 bits per heavy atom. The van der Waals surface area contributed by atoms with Crippen LogP contribution in [0.25, 0.3) is 11.0 Å². The van der Waals surface area contributed by atoms with E-state index < -0.39 is 5.82 Å². The lowest BCUT2D eigenvalue weighted by Crippen LogP contribution is -2.04. The van der Waals surface area contributed by atoms with Crippen molar-refractivity contribution in [1.29, 1.82) is 0 Å². The van der Waals surface area contributed by atoms with E-state index in [9.17, 15) is 14.3 Å². The number of phenolic OH excluding ortho intramolecular Hbond substituents is 1. The molecule has 0 aliphatic carbocycles.